The topological polar surface area (TPSA) is 91.0 Å². The Kier molecular flexibility index (Phi) is 6.70. The molecule has 0 saturated heterocycles. The third kappa shape index (κ3) is 5.15. The first kappa shape index (κ1) is 15.3. The highest BCUT2D eigenvalue weighted by atomic mass is 16.6. The van der Waals surface area contributed by atoms with Crippen molar-refractivity contribution in [2.75, 3.05) is 38.8 Å². The van der Waals surface area contributed by atoms with Crippen molar-refractivity contribution in [3.8, 4) is 5.75 Å². The Morgan fingerprint density at radius 3 is 2.74 bits per heavy atom. The number of hydrogen-bond acceptors (Lipinski definition) is 6. The molecule has 0 spiro atoms. The van der Waals surface area contributed by atoms with Crippen LogP contribution in [0.5, 0.6) is 5.75 Å². The lowest BCUT2D eigenvalue weighted by molar-refractivity contribution is 0.0258. The molecule has 6 nitrogen and oxygen atoms in total. The van der Waals surface area contributed by atoms with Crippen molar-refractivity contribution >= 4 is 11.7 Å². The first-order chi connectivity index (χ1) is 9.19. The summed E-state index contributed by atoms with van der Waals surface area (Å²) in [5.74, 6) is 0.0766. The number of nitrogen functional groups attached to an aromatic ring is 1. The predicted molar refractivity (Wildman–Crippen MR) is 70.2 cm³/mol. The minimum atomic E-state index is -0.470. The predicted octanol–water partition coefficient (Wildman–Crippen LogP) is 0.833. The van der Waals surface area contributed by atoms with Crippen LogP contribution in [0.2, 0.25) is 0 Å². The van der Waals surface area contributed by atoms with Crippen molar-refractivity contribution in [3.05, 3.63) is 23.8 Å². The Hall–Kier alpha value is -1.79. The maximum Gasteiger partial charge on any atom is 0.338 e. The van der Waals surface area contributed by atoms with E-state index in [9.17, 15) is 4.79 Å². The van der Waals surface area contributed by atoms with Crippen LogP contribution < -0.4 is 10.5 Å². The Morgan fingerprint density at radius 1 is 1.32 bits per heavy atom. The van der Waals surface area contributed by atoms with Crippen LogP contribution in [-0.4, -0.2) is 44.1 Å². The fourth-order valence-corrected chi connectivity index (χ4v) is 1.41. The number of hydrogen-bond donors (Lipinski definition) is 2. The van der Waals surface area contributed by atoms with Crippen molar-refractivity contribution in [2.45, 2.75) is 6.92 Å². The highest BCUT2D eigenvalue weighted by Crippen LogP contribution is 2.22. The van der Waals surface area contributed by atoms with Crippen molar-refractivity contribution in [1.29, 1.82) is 0 Å². The molecule has 0 saturated carbocycles. The molecule has 3 N–H and O–H groups in total. The first-order valence-corrected chi connectivity index (χ1v) is 6.07. The fourth-order valence-electron chi connectivity index (χ4n) is 1.41. The van der Waals surface area contributed by atoms with E-state index in [0.717, 1.165) is 0 Å². The Labute approximate surface area is 112 Å². The van der Waals surface area contributed by atoms with E-state index < -0.39 is 5.97 Å². The van der Waals surface area contributed by atoms with E-state index in [1.54, 1.807) is 12.1 Å². The molecule has 0 atom stereocenters. The monoisotopic (exact) mass is 269 g/mol. The number of aliphatic hydroxyl groups is 1. The zero-order valence-corrected chi connectivity index (χ0v) is 10.9. The van der Waals surface area contributed by atoms with Gasteiger partial charge in [-0.3, -0.25) is 0 Å². The number of carbonyl (C=O) groups excluding carboxylic acids is 1. The van der Waals surface area contributed by atoms with Crippen LogP contribution in [0.1, 0.15) is 17.3 Å². The van der Waals surface area contributed by atoms with Crippen molar-refractivity contribution < 1.29 is 24.1 Å². The Morgan fingerprint density at radius 2 is 2.11 bits per heavy atom. The number of aliphatic hydroxyl groups excluding tert-OH is 1. The molecule has 6 heteroatoms. The van der Waals surface area contributed by atoms with Gasteiger partial charge >= 0.3 is 5.97 Å². The molecular weight excluding hydrogens is 250 g/mol. The maximum atomic E-state index is 11.7. The molecular formula is C13H19NO5. The number of benzene rings is 1. The summed E-state index contributed by atoms with van der Waals surface area (Å²) >= 11 is 0. The maximum absolute atomic E-state index is 11.7. The van der Waals surface area contributed by atoms with Gasteiger partial charge in [-0.1, -0.05) is 0 Å². The molecule has 0 aliphatic carbocycles. The van der Waals surface area contributed by atoms with E-state index in [1.807, 2.05) is 6.92 Å². The Bertz CT molecular complexity index is 408. The molecule has 0 aliphatic rings. The lowest BCUT2D eigenvalue weighted by Crippen LogP contribution is -2.12. The van der Waals surface area contributed by atoms with Crippen LogP contribution in [0.4, 0.5) is 5.69 Å². The van der Waals surface area contributed by atoms with E-state index in [4.69, 9.17) is 25.1 Å². The van der Waals surface area contributed by atoms with Gasteiger partial charge in [0.05, 0.1) is 37.7 Å². The van der Waals surface area contributed by atoms with Gasteiger partial charge in [0.2, 0.25) is 0 Å². The molecule has 1 aromatic carbocycles. The van der Waals surface area contributed by atoms with Crippen LogP contribution in [0.25, 0.3) is 0 Å². The number of carbonyl (C=O) groups is 1. The van der Waals surface area contributed by atoms with Gasteiger partial charge in [0.15, 0.2) is 0 Å². The fraction of sp³-hybridized carbons (Fsp3) is 0.462. The van der Waals surface area contributed by atoms with Crippen molar-refractivity contribution in [2.24, 2.45) is 0 Å². The van der Waals surface area contributed by atoms with Crippen LogP contribution in [0.15, 0.2) is 18.2 Å². The zero-order valence-electron chi connectivity index (χ0n) is 10.9. The molecule has 0 unspecified atom stereocenters. The van der Waals surface area contributed by atoms with Crippen molar-refractivity contribution in [1.82, 2.24) is 0 Å². The summed E-state index contributed by atoms with van der Waals surface area (Å²) in [5.41, 5.74) is 6.51. The van der Waals surface area contributed by atoms with Gasteiger partial charge in [-0.05, 0) is 25.1 Å². The molecule has 0 aromatic heterocycles. The average molecular weight is 269 g/mol. The first-order valence-electron chi connectivity index (χ1n) is 6.07. The molecule has 0 aliphatic heterocycles. The number of anilines is 1. The normalized spacial score (nSPS) is 10.2. The van der Waals surface area contributed by atoms with Crippen LogP contribution >= 0.6 is 0 Å². The van der Waals surface area contributed by atoms with Gasteiger partial charge in [-0.15, -0.1) is 0 Å². The van der Waals surface area contributed by atoms with Crippen LogP contribution in [-0.2, 0) is 9.47 Å². The number of esters is 1. The third-order valence-electron chi connectivity index (χ3n) is 2.24. The minimum Gasteiger partial charge on any atom is -0.492 e. The summed E-state index contributed by atoms with van der Waals surface area (Å²) in [4.78, 5) is 11.7. The summed E-state index contributed by atoms with van der Waals surface area (Å²) < 4.78 is 15.2. The number of rotatable bonds is 8. The van der Waals surface area contributed by atoms with E-state index in [2.05, 4.69) is 0 Å². The average Bonchev–Trinajstić information content (AvgIpc) is 2.41. The molecule has 0 heterocycles. The lowest BCUT2D eigenvalue weighted by atomic mass is 10.2. The van der Waals surface area contributed by atoms with E-state index in [1.165, 1.54) is 6.07 Å². The number of nitrogens with two attached hydrogens (primary N) is 1. The largest absolute Gasteiger partial charge is 0.492 e. The van der Waals surface area contributed by atoms with Gasteiger partial charge in [0.25, 0.3) is 0 Å². The molecule has 19 heavy (non-hydrogen) atoms. The molecule has 0 bridgehead atoms. The van der Waals surface area contributed by atoms with E-state index in [-0.39, 0.29) is 26.4 Å². The second kappa shape index (κ2) is 8.34. The molecule has 1 aromatic rings. The summed E-state index contributed by atoms with van der Waals surface area (Å²) in [6.07, 6.45) is 0. The number of ether oxygens (including phenoxy) is 3. The van der Waals surface area contributed by atoms with Gasteiger partial charge in [0, 0.05) is 0 Å². The van der Waals surface area contributed by atoms with Gasteiger partial charge in [-0.2, -0.15) is 0 Å². The van der Waals surface area contributed by atoms with E-state index >= 15 is 0 Å². The van der Waals surface area contributed by atoms with E-state index in [0.29, 0.717) is 23.6 Å². The standard InChI is InChI=1S/C13H19NO5/c1-2-18-12-4-3-10(9-11(12)14)13(16)19-8-7-17-6-5-15/h3-4,9,15H,2,5-8,14H2,1H3. The third-order valence-corrected chi connectivity index (χ3v) is 2.24. The molecule has 0 amide bonds. The van der Waals surface area contributed by atoms with Gasteiger partial charge < -0.3 is 25.1 Å². The summed E-state index contributed by atoms with van der Waals surface area (Å²) in [6, 6.07) is 4.75. The van der Waals surface area contributed by atoms with Crippen LogP contribution in [0, 0.1) is 0 Å². The molecule has 0 radical (unpaired) electrons. The molecule has 1 rings (SSSR count). The van der Waals surface area contributed by atoms with Crippen molar-refractivity contribution in [3.63, 3.8) is 0 Å². The lowest BCUT2D eigenvalue weighted by Gasteiger charge is -2.09. The van der Waals surface area contributed by atoms with Crippen LogP contribution in [0.3, 0.4) is 0 Å². The quantitative estimate of drug-likeness (QED) is 0.413. The zero-order chi connectivity index (χ0) is 14.1. The molecule has 106 valence electrons. The smallest absolute Gasteiger partial charge is 0.338 e. The minimum absolute atomic E-state index is 0.0522. The summed E-state index contributed by atoms with van der Waals surface area (Å²) in [5, 5.41) is 8.49. The summed E-state index contributed by atoms with van der Waals surface area (Å²) in [6.45, 7) is 2.92. The Balaban J connectivity index is 2.46. The SMILES string of the molecule is CCOc1ccc(C(=O)OCCOCCO)cc1N. The second-order valence-corrected chi connectivity index (χ2v) is 3.66. The van der Waals surface area contributed by atoms with Gasteiger partial charge in [-0.25, -0.2) is 4.79 Å². The molecule has 0 fully saturated rings. The summed E-state index contributed by atoms with van der Waals surface area (Å²) in [7, 11) is 0. The highest BCUT2D eigenvalue weighted by molar-refractivity contribution is 5.91. The second-order valence-electron chi connectivity index (χ2n) is 3.66. The highest BCUT2D eigenvalue weighted by Gasteiger charge is 2.09. The van der Waals surface area contributed by atoms with Gasteiger partial charge in [0.1, 0.15) is 12.4 Å².